The molecule has 1 heterocycles. The van der Waals surface area contributed by atoms with Crippen molar-refractivity contribution in [2.75, 3.05) is 0 Å². The van der Waals surface area contributed by atoms with Gasteiger partial charge in [0.05, 0.1) is 10.4 Å². The number of hydrogen-bond acceptors (Lipinski definition) is 2. The molecular formula is C8H7BrO3. The van der Waals surface area contributed by atoms with E-state index in [9.17, 15) is 4.79 Å². The lowest BCUT2D eigenvalue weighted by Crippen LogP contribution is -1.98. The molecule has 0 radical (unpaired) electrons. The SMILES string of the molecule is O=C(O)C1CC1c1cc(Br)co1. The van der Waals surface area contributed by atoms with E-state index in [1.807, 2.05) is 6.07 Å². The zero-order chi connectivity index (χ0) is 8.72. The second-order valence-electron chi connectivity index (χ2n) is 2.95. The Labute approximate surface area is 77.5 Å². The van der Waals surface area contributed by atoms with E-state index in [2.05, 4.69) is 15.9 Å². The monoisotopic (exact) mass is 230 g/mol. The van der Waals surface area contributed by atoms with Crippen LogP contribution in [0.15, 0.2) is 21.2 Å². The second kappa shape index (κ2) is 2.62. The molecule has 0 spiro atoms. The number of halogens is 1. The van der Waals surface area contributed by atoms with Gasteiger partial charge in [-0.15, -0.1) is 0 Å². The van der Waals surface area contributed by atoms with Crippen molar-refractivity contribution < 1.29 is 14.3 Å². The molecule has 12 heavy (non-hydrogen) atoms. The molecule has 0 aliphatic heterocycles. The first-order chi connectivity index (χ1) is 5.68. The highest BCUT2D eigenvalue weighted by Gasteiger charge is 2.46. The average molecular weight is 231 g/mol. The number of carboxylic acid groups (broad SMARTS) is 1. The Hall–Kier alpha value is -0.770. The fraction of sp³-hybridized carbons (Fsp3) is 0.375. The van der Waals surface area contributed by atoms with Gasteiger partial charge >= 0.3 is 5.97 Å². The van der Waals surface area contributed by atoms with Gasteiger partial charge in [-0.05, 0) is 28.4 Å². The maximum Gasteiger partial charge on any atom is 0.307 e. The number of furan rings is 1. The summed E-state index contributed by atoms with van der Waals surface area (Å²) >= 11 is 3.24. The third-order valence-corrected chi connectivity index (χ3v) is 2.48. The molecule has 4 heteroatoms. The Balaban J connectivity index is 2.10. The lowest BCUT2D eigenvalue weighted by molar-refractivity contribution is -0.138. The Bertz CT molecular complexity index is 318. The minimum atomic E-state index is -0.729. The molecule has 1 N–H and O–H groups in total. The van der Waals surface area contributed by atoms with Crippen LogP contribution in [-0.2, 0) is 4.79 Å². The topological polar surface area (TPSA) is 50.4 Å². The van der Waals surface area contributed by atoms with Crippen LogP contribution in [0, 0.1) is 5.92 Å². The summed E-state index contributed by atoms with van der Waals surface area (Å²) in [4.78, 5) is 10.5. The molecule has 0 saturated heterocycles. The van der Waals surface area contributed by atoms with Gasteiger partial charge < -0.3 is 9.52 Å². The summed E-state index contributed by atoms with van der Waals surface area (Å²) < 4.78 is 6.03. The Morgan fingerprint density at radius 1 is 1.75 bits per heavy atom. The van der Waals surface area contributed by atoms with Crippen LogP contribution in [0.2, 0.25) is 0 Å². The minimum absolute atomic E-state index is 0.0915. The number of rotatable bonds is 2. The van der Waals surface area contributed by atoms with E-state index in [1.54, 1.807) is 6.26 Å². The lowest BCUT2D eigenvalue weighted by atomic mass is 10.2. The standard InChI is InChI=1S/C8H7BrO3/c9-4-1-7(12-3-4)5-2-6(5)8(10)11/h1,3,5-6H,2H2,(H,10,11). The first kappa shape index (κ1) is 7.86. The summed E-state index contributed by atoms with van der Waals surface area (Å²) in [6, 6.07) is 1.83. The van der Waals surface area contributed by atoms with E-state index in [0.29, 0.717) is 6.42 Å². The van der Waals surface area contributed by atoms with Crippen molar-refractivity contribution in [1.29, 1.82) is 0 Å². The zero-order valence-electron chi connectivity index (χ0n) is 6.16. The molecule has 1 aromatic heterocycles. The molecule has 2 rings (SSSR count). The van der Waals surface area contributed by atoms with Crippen molar-refractivity contribution in [3.8, 4) is 0 Å². The first-order valence-electron chi connectivity index (χ1n) is 3.65. The number of carbonyl (C=O) groups is 1. The Morgan fingerprint density at radius 3 is 2.92 bits per heavy atom. The molecule has 1 saturated carbocycles. The van der Waals surface area contributed by atoms with Crippen molar-refractivity contribution in [3.63, 3.8) is 0 Å². The van der Waals surface area contributed by atoms with Gasteiger partial charge in [0.25, 0.3) is 0 Å². The van der Waals surface area contributed by atoms with Gasteiger partial charge in [0.1, 0.15) is 12.0 Å². The Morgan fingerprint density at radius 2 is 2.50 bits per heavy atom. The molecule has 1 aliphatic rings. The maximum atomic E-state index is 10.5. The summed E-state index contributed by atoms with van der Waals surface area (Å²) in [5, 5.41) is 8.64. The normalized spacial score (nSPS) is 27.1. The van der Waals surface area contributed by atoms with Gasteiger partial charge in [-0.25, -0.2) is 0 Å². The minimum Gasteiger partial charge on any atom is -0.481 e. The van der Waals surface area contributed by atoms with E-state index in [1.165, 1.54) is 0 Å². The smallest absolute Gasteiger partial charge is 0.307 e. The fourth-order valence-electron chi connectivity index (χ4n) is 1.31. The van der Waals surface area contributed by atoms with E-state index in [4.69, 9.17) is 9.52 Å². The number of hydrogen-bond donors (Lipinski definition) is 1. The van der Waals surface area contributed by atoms with Crippen LogP contribution >= 0.6 is 15.9 Å². The van der Waals surface area contributed by atoms with Crippen LogP contribution in [0.5, 0.6) is 0 Å². The van der Waals surface area contributed by atoms with Crippen molar-refractivity contribution in [3.05, 3.63) is 22.6 Å². The molecular weight excluding hydrogens is 224 g/mol. The average Bonchev–Trinajstić information content (AvgIpc) is 2.70. The van der Waals surface area contributed by atoms with Gasteiger partial charge in [-0.1, -0.05) is 0 Å². The van der Waals surface area contributed by atoms with Crippen LogP contribution in [0.4, 0.5) is 0 Å². The molecule has 0 aromatic carbocycles. The van der Waals surface area contributed by atoms with Crippen molar-refractivity contribution in [1.82, 2.24) is 0 Å². The molecule has 64 valence electrons. The lowest BCUT2D eigenvalue weighted by Gasteiger charge is -1.88. The first-order valence-corrected chi connectivity index (χ1v) is 4.44. The van der Waals surface area contributed by atoms with Gasteiger partial charge in [0.2, 0.25) is 0 Å². The van der Waals surface area contributed by atoms with Crippen LogP contribution in [-0.4, -0.2) is 11.1 Å². The van der Waals surface area contributed by atoms with Crippen molar-refractivity contribution in [2.45, 2.75) is 12.3 Å². The van der Waals surface area contributed by atoms with E-state index >= 15 is 0 Å². The second-order valence-corrected chi connectivity index (χ2v) is 3.87. The zero-order valence-corrected chi connectivity index (χ0v) is 7.74. The predicted molar refractivity (Wildman–Crippen MR) is 44.9 cm³/mol. The Kier molecular flexibility index (Phi) is 1.72. The quantitative estimate of drug-likeness (QED) is 0.848. The molecule has 1 aromatic rings. The van der Waals surface area contributed by atoms with Gasteiger partial charge in [0.15, 0.2) is 0 Å². The highest BCUT2D eigenvalue weighted by atomic mass is 79.9. The molecule has 1 aliphatic carbocycles. The molecule has 2 atom stereocenters. The third-order valence-electron chi connectivity index (χ3n) is 2.06. The molecule has 3 nitrogen and oxygen atoms in total. The highest BCUT2D eigenvalue weighted by Crippen LogP contribution is 2.48. The van der Waals surface area contributed by atoms with Gasteiger partial charge in [-0.3, -0.25) is 4.79 Å². The molecule has 2 unspecified atom stereocenters. The van der Waals surface area contributed by atoms with Crippen LogP contribution < -0.4 is 0 Å². The predicted octanol–water partition coefficient (Wildman–Crippen LogP) is 2.23. The van der Waals surface area contributed by atoms with E-state index in [0.717, 1.165) is 10.2 Å². The van der Waals surface area contributed by atoms with Gasteiger partial charge in [-0.2, -0.15) is 0 Å². The maximum absolute atomic E-state index is 10.5. The van der Waals surface area contributed by atoms with Crippen LogP contribution in [0.1, 0.15) is 18.1 Å². The summed E-state index contributed by atoms with van der Waals surface area (Å²) in [6.45, 7) is 0. The molecule has 0 amide bonds. The third kappa shape index (κ3) is 1.27. The van der Waals surface area contributed by atoms with Crippen LogP contribution in [0.25, 0.3) is 0 Å². The van der Waals surface area contributed by atoms with Crippen molar-refractivity contribution >= 4 is 21.9 Å². The number of aliphatic carboxylic acids is 1. The summed E-state index contributed by atoms with van der Waals surface area (Å²) in [7, 11) is 0. The van der Waals surface area contributed by atoms with Gasteiger partial charge in [0, 0.05) is 5.92 Å². The molecule has 0 bridgehead atoms. The van der Waals surface area contributed by atoms with Crippen LogP contribution in [0.3, 0.4) is 0 Å². The summed E-state index contributed by atoms with van der Waals surface area (Å²) in [5.74, 6) is -0.0985. The highest BCUT2D eigenvalue weighted by molar-refractivity contribution is 9.10. The number of carboxylic acids is 1. The summed E-state index contributed by atoms with van der Waals surface area (Å²) in [6.07, 6.45) is 2.28. The molecule has 1 fully saturated rings. The fourth-order valence-corrected chi connectivity index (χ4v) is 1.62. The van der Waals surface area contributed by atoms with E-state index < -0.39 is 5.97 Å². The van der Waals surface area contributed by atoms with E-state index in [-0.39, 0.29) is 11.8 Å². The largest absolute Gasteiger partial charge is 0.481 e. The van der Waals surface area contributed by atoms with Crippen molar-refractivity contribution in [2.24, 2.45) is 5.92 Å². The summed E-state index contributed by atoms with van der Waals surface area (Å²) in [5.41, 5.74) is 0.